The molecule has 0 fully saturated rings. The fourth-order valence-corrected chi connectivity index (χ4v) is 2.92. The van der Waals surface area contributed by atoms with E-state index in [0.29, 0.717) is 21.6 Å². The van der Waals surface area contributed by atoms with Gasteiger partial charge < -0.3 is 10.1 Å². The van der Waals surface area contributed by atoms with Crippen molar-refractivity contribution in [3.8, 4) is 5.75 Å². The van der Waals surface area contributed by atoms with Gasteiger partial charge in [0.05, 0.1) is 15.7 Å². The Morgan fingerprint density at radius 1 is 1.15 bits per heavy atom. The highest BCUT2D eigenvalue weighted by molar-refractivity contribution is 6.39. The first-order chi connectivity index (χ1) is 12.3. The first-order valence-corrected chi connectivity index (χ1v) is 8.24. The van der Waals surface area contributed by atoms with Crippen molar-refractivity contribution in [1.29, 1.82) is 0 Å². The fraction of sp³-hybridized carbons (Fsp3) is 0.111. The Bertz CT molecular complexity index is 1010. The second-order valence-corrected chi connectivity index (χ2v) is 6.29. The van der Waals surface area contributed by atoms with E-state index in [1.54, 1.807) is 19.1 Å². The molecular weight excluding hydrogens is 385 g/mol. The standard InChI is InChI=1S/C18H12Cl2F2N2O2/c1-9-2-4-11-12(19)7-13(20)18(17(11)23-9)26-8-16(25)24-15-6-10(21)3-5-14(15)22/h2-7H,8H2,1H3,(H,24,25). The smallest absolute Gasteiger partial charge is 0.262 e. The highest BCUT2D eigenvalue weighted by Crippen LogP contribution is 2.37. The number of halogens is 4. The quantitative estimate of drug-likeness (QED) is 0.663. The second-order valence-electron chi connectivity index (χ2n) is 5.48. The normalized spacial score (nSPS) is 10.8. The van der Waals surface area contributed by atoms with Gasteiger partial charge in [-0.3, -0.25) is 4.79 Å². The Morgan fingerprint density at radius 3 is 2.69 bits per heavy atom. The minimum atomic E-state index is -0.757. The predicted molar refractivity (Wildman–Crippen MR) is 97.0 cm³/mol. The van der Waals surface area contributed by atoms with E-state index in [9.17, 15) is 13.6 Å². The number of pyridine rings is 1. The van der Waals surface area contributed by atoms with Crippen LogP contribution in [0.5, 0.6) is 5.75 Å². The molecular formula is C18H12Cl2F2N2O2. The van der Waals surface area contributed by atoms with Gasteiger partial charge in [-0.1, -0.05) is 23.2 Å². The third kappa shape index (κ3) is 3.86. The number of benzene rings is 2. The van der Waals surface area contributed by atoms with Gasteiger partial charge in [-0.15, -0.1) is 0 Å². The zero-order valence-electron chi connectivity index (χ0n) is 13.4. The van der Waals surface area contributed by atoms with E-state index in [0.717, 1.165) is 18.2 Å². The number of aromatic nitrogens is 1. The molecule has 0 unspecified atom stereocenters. The predicted octanol–water partition coefficient (Wildman–Crippen LogP) is 5.15. The molecule has 1 N–H and O–H groups in total. The van der Waals surface area contributed by atoms with Gasteiger partial charge in [0.15, 0.2) is 12.4 Å². The molecule has 3 aromatic rings. The van der Waals surface area contributed by atoms with Crippen LogP contribution in [0.3, 0.4) is 0 Å². The maximum Gasteiger partial charge on any atom is 0.262 e. The Labute approximate surface area is 157 Å². The molecule has 3 rings (SSSR count). The maximum absolute atomic E-state index is 13.6. The van der Waals surface area contributed by atoms with Crippen LogP contribution in [0, 0.1) is 18.6 Å². The number of anilines is 1. The Hall–Kier alpha value is -2.44. The number of aryl methyl sites for hydroxylation is 1. The fourth-order valence-electron chi connectivity index (χ4n) is 2.34. The summed E-state index contributed by atoms with van der Waals surface area (Å²) >= 11 is 12.3. The van der Waals surface area contributed by atoms with Crippen LogP contribution in [0.2, 0.25) is 10.0 Å². The Morgan fingerprint density at radius 2 is 1.92 bits per heavy atom. The van der Waals surface area contributed by atoms with Gasteiger partial charge >= 0.3 is 0 Å². The van der Waals surface area contributed by atoms with Crippen LogP contribution in [0.15, 0.2) is 36.4 Å². The number of ether oxygens (including phenoxy) is 1. The summed E-state index contributed by atoms with van der Waals surface area (Å²) in [5, 5.41) is 3.45. The number of nitrogens with one attached hydrogen (secondary N) is 1. The van der Waals surface area contributed by atoms with Crippen LogP contribution in [-0.4, -0.2) is 17.5 Å². The molecule has 0 radical (unpaired) electrons. The minimum absolute atomic E-state index is 0.185. The van der Waals surface area contributed by atoms with Gasteiger partial charge in [-0.2, -0.15) is 0 Å². The van der Waals surface area contributed by atoms with E-state index < -0.39 is 24.1 Å². The number of hydrogen-bond acceptors (Lipinski definition) is 3. The van der Waals surface area contributed by atoms with Crippen LogP contribution in [0.1, 0.15) is 5.69 Å². The number of carbonyl (C=O) groups excluding carboxylic acids is 1. The van der Waals surface area contributed by atoms with Crippen molar-refractivity contribution < 1.29 is 18.3 Å². The molecule has 0 saturated heterocycles. The van der Waals surface area contributed by atoms with Gasteiger partial charge in [0.1, 0.15) is 17.2 Å². The van der Waals surface area contributed by atoms with E-state index in [1.165, 1.54) is 6.07 Å². The zero-order valence-corrected chi connectivity index (χ0v) is 15.0. The molecule has 0 saturated carbocycles. The number of fused-ring (bicyclic) bond motifs is 1. The summed E-state index contributed by atoms with van der Waals surface area (Å²) in [6, 6.07) is 7.79. The summed E-state index contributed by atoms with van der Waals surface area (Å²) in [5.41, 5.74) is 0.846. The van der Waals surface area contributed by atoms with Gasteiger partial charge in [0.2, 0.25) is 0 Å². The molecule has 0 aliphatic heterocycles. The lowest BCUT2D eigenvalue weighted by Crippen LogP contribution is -2.21. The molecule has 1 amide bonds. The first-order valence-electron chi connectivity index (χ1n) is 7.48. The SMILES string of the molecule is Cc1ccc2c(Cl)cc(Cl)c(OCC(=O)Nc3cc(F)ccc3F)c2n1. The van der Waals surface area contributed by atoms with E-state index in [-0.39, 0.29) is 16.5 Å². The lowest BCUT2D eigenvalue weighted by molar-refractivity contribution is -0.118. The van der Waals surface area contributed by atoms with Crippen LogP contribution in [-0.2, 0) is 4.79 Å². The van der Waals surface area contributed by atoms with E-state index >= 15 is 0 Å². The van der Waals surface area contributed by atoms with Crippen LogP contribution < -0.4 is 10.1 Å². The van der Waals surface area contributed by atoms with E-state index in [1.807, 2.05) is 0 Å². The molecule has 0 spiro atoms. The van der Waals surface area contributed by atoms with Crippen molar-refractivity contribution in [2.45, 2.75) is 6.92 Å². The average Bonchev–Trinajstić information content (AvgIpc) is 2.57. The average molecular weight is 397 g/mol. The highest BCUT2D eigenvalue weighted by atomic mass is 35.5. The third-order valence-electron chi connectivity index (χ3n) is 3.53. The summed E-state index contributed by atoms with van der Waals surface area (Å²) < 4.78 is 32.2. The highest BCUT2D eigenvalue weighted by Gasteiger charge is 2.15. The van der Waals surface area contributed by atoms with E-state index in [2.05, 4.69) is 10.3 Å². The van der Waals surface area contributed by atoms with Crippen molar-refractivity contribution in [1.82, 2.24) is 4.98 Å². The van der Waals surface area contributed by atoms with Crippen LogP contribution in [0.4, 0.5) is 14.5 Å². The second kappa shape index (κ2) is 7.43. The monoisotopic (exact) mass is 396 g/mol. The summed E-state index contributed by atoms with van der Waals surface area (Å²) in [6.07, 6.45) is 0. The lowest BCUT2D eigenvalue weighted by atomic mass is 10.2. The third-order valence-corrected chi connectivity index (χ3v) is 4.12. The first kappa shape index (κ1) is 18.4. The largest absolute Gasteiger partial charge is 0.480 e. The van der Waals surface area contributed by atoms with Crippen molar-refractivity contribution in [3.05, 3.63) is 63.8 Å². The number of rotatable bonds is 4. The molecule has 1 aromatic heterocycles. The van der Waals surface area contributed by atoms with Crippen molar-refractivity contribution in [3.63, 3.8) is 0 Å². The molecule has 0 aliphatic carbocycles. The van der Waals surface area contributed by atoms with Crippen LogP contribution in [0.25, 0.3) is 10.9 Å². The van der Waals surface area contributed by atoms with Gasteiger partial charge in [-0.05, 0) is 37.3 Å². The van der Waals surface area contributed by atoms with Gasteiger partial charge in [0, 0.05) is 17.1 Å². The number of carbonyl (C=O) groups is 1. The van der Waals surface area contributed by atoms with Crippen molar-refractivity contribution in [2.24, 2.45) is 0 Å². The summed E-state index contributed by atoms with van der Waals surface area (Å²) in [7, 11) is 0. The summed E-state index contributed by atoms with van der Waals surface area (Å²) in [5.74, 6) is -1.92. The molecule has 0 atom stereocenters. The molecule has 0 aliphatic rings. The zero-order chi connectivity index (χ0) is 18.8. The van der Waals surface area contributed by atoms with Crippen molar-refractivity contribution >= 4 is 45.7 Å². The molecule has 1 heterocycles. The molecule has 26 heavy (non-hydrogen) atoms. The van der Waals surface area contributed by atoms with Gasteiger partial charge in [0.25, 0.3) is 5.91 Å². The number of hydrogen-bond donors (Lipinski definition) is 1. The molecule has 134 valence electrons. The van der Waals surface area contributed by atoms with Gasteiger partial charge in [-0.25, -0.2) is 13.8 Å². The number of amides is 1. The Balaban J connectivity index is 1.82. The van der Waals surface area contributed by atoms with E-state index in [4.69, 9.17) is 27.9 Å². The molecule has 8 heteroatoms. The lowest BCUT2D eigenvalue weighted by Gasteiger charge is -2.12. The minimum Gasteiger partial charge on any atom is -0.480 e. The van der Waals surface area contributed by atoms with Crippen LogP contribution >= 0.6 is 23.2 Å². The van der Waals surface area contributed by atoms with Crippen molar-refractivity contribution in [2.75, 3.05) is 11.9 Å². The maximum atomic E-state index is 13.6. The number of nitrogens with zero attached hydrogens (tertiary/aromatic N) is 1. The molecule has 2 aromatic carbocycles. The molecule has 4 nitrogen and oxygen atoms in total. The Kier molecular flexibility index (Phi) is 5.25. The topological polar surface area (TPSA) is 51.2 Å². The summed E-state index contributed by atoms with van der Waals surface area (Å²) in [4.78, 5) is 16.4. The molecule has 0 bridgehead atoms. The summed E-state index contributed by atoms with van der Waals surface area (Å²) in [6.45, 7) is 1.32.